The van der Waals surface area contributed by atoms with E-state index in [9.17, 15) is 19.2 Å². The summed E-state index contributed by atoms with van der Waals surface area (Å²) in [7, 11) is 0. The van der Waals surface area contributed by atoms with Crippen LogP contribution >= 0.6 is 0 Å². The predicted octanol–water partition coefficient (Wildman–Crippen LogP) is 12.2. The van der Waals surface area contributed by atoms with Gasteiger partial charge in [-0.2, -0.15) is 0 Å². The van der Waals surface area contributed by atoms with Crippen LogP contribution in [0.5, 0.6) is 0 Å². The highest BCUT2D eigenvalue weighted by Gasteiger charge is 2.20. The van der Waals surface area contributed by atoms with Gasteiger partial charge in [0.05, 0.1) is 13.1 Å². The van der Waals surface area contributed by atoms with Crippen molar-refractivity contribution in [1.82, 2.24) is 10.6 Å². The standard InChI is InChI=1S/C46H84N2O7/c1-6-8-10-12-14-16-18-20-22-24-26-28-30-32-34-36-43(50)53-40-41(38-47-42(49)39-48-45(52)55-46(3,4)5)54-44(51)37-35-33-31-29-27-25-23-21-19-17-15-13-11-9-7-2/h20-23,41H,6-19,24-40H2,1-5H3,(H,47,49)(H,48,52). The number of hydrogen-bond acceptors (Lipinski definition) is 7. The molecule has 2 N–H and O–H groups in total. The van der Waals surface area contributed by atoms with Crippen molar-refractivity contribution in [2.24, 2.45) is 0 Å². The maximum atomic E-state index is 12.7. The Hall–Kier alpha value is -2.84. The van der Waals surface area contributed by atoms with E-state index in [-0.39, 0.29) is 38.1 Å². The Kier molecular flexibility index (Phi) is 36.1. The Morgan fingerprint density at radius 3 is 1.36 bits per heavy atom. The number of carbonyl (C=O) groups is 4. The zero-order chi connectivity index (χ0) is 40.7. The molecule has 0 saturated heterocycles. The van der Waals surface area contributed by atoms with Crippen LogP contribution in [0, 0.1) is 0 Å². The van der Waals surface area contributed by atoms with Crippen molar-refractivity contribution >= 4 is 23.9 Å². The molecule has 0 saturated carbocycles. The molecule has 0 heterocycles. The molecule has 1 atom stereocenters. The Labute approximate surface area is 337 Å². The average Bonchev–Trinajstić information content (AvgIpc) is 3.14. The molecular weight excluding hydrogens is 693 g/mol. The zero-order valence-corrected chi connectivity index (χ0v) is 36.2. The molecule has 0 aromatic rings. The van der Waals surface area contributed by atoms with Gasteiger partial charge >= 0.3 is 18.0 Å². The molecule has 0 aliphatic heterocycles. The van der Waals surface area contributed by atoms with E-state index < -0.39 is 23.7 Å². The second-order valence-electron chi connectivity index (χ2n) is 16.1. The molecule has 0 radical (unpaired) electrons. The third-order valence-corrected chi connectivity index (χ3v) is 9.33. The fourth-order valence-electron chi connectivity index (χ4n) is 6.07. The van der Waals surface area contributed by atoms with Crippen LogP contribution in [-0.2, 0) is 28.6 Å². The molecule has 0 rings (SSSR count). The summed E-state index contributed by atoms with van der Waals surface area (Å²) in [6.07, 6.45) is 39.0. The minimum absolute atomic E-state index is 0.0341. The Morgan fingerprint density at radius 2 is 0.927 bits per heavy atom. The van der Waals surface area contributed by atoms with Crippen molar-refractivity contribution in [1.29, 1.82) is 0 Å². The van der Waals surface area contributed by atoms with Gasteiger partial charge in [-0.25, -0.2) is 4.79 Å². The molecule has 0 aliphatic rings. The number of ether oxygens (including phenoxy) is 3. The normalized spacial score (nSPS) is 12.2. The van der Waals surface area contributed by atoms with Crippen LogP contribution in [0.3, 0.4) is 0 Å². The van der Waals surface area contributed by atoms with E-state index in [2.05, 4.69) is 48.8 Å². The number of esters is 2. The monoisotopic (exact) mass is 777 g/mol. The second-order valence-corrected chi connectivity index (χ2v) is 16.1. The summed E-state index contributed by atoms with van der Waals surface area (Å²) in [6, 6.07) is 0. The van der Waals surface area contributed by atoms with Gasteiger partial charge in [-0.05, 0) is 85.0 Å². The lowest BCUT2D eigenvalue weighted by atomic mass is 10.1. The third kappa shape index (κ3) is 40.6. The zero-order valence-electron chi connectivity index (χ0n) is 36.2. The van der Waals surface area contributed by atoms with Gasteiger partial charge in [0, 0.05) is 12.8 Å². The molecule has 320 valence electrons. The van der Waals surface area contributed by atoms with Crippen LogP contribution in [0.15, 0.2) is 24.3 Å². The lowest BCUT2D eigenvalue weighted by molar-refractivity contribution is -0.159. The predicted molar refractivity (Wildman–Crippen MR) is 227 cm³/mol. The van der Waals surface area contributed by atoms with Crippen LogP contribution in [0.2, 0.25) is 0 Å². The molecule has 0 bridgehead atoms. The first-order chi connectivity index (χ1) is 26.6. The number of amides is 2. The van der Waals surface area contributed by atoms with E-state index in [1.165, 1.54) is 96.3 Å². The maximum absolute atomic E-state index is 12.7. The van der Waals surface area contributed by atoms with Crippen molar-refractivity contribution in [2.45, 2.75) is 226 Å². The van der Waals surface area contributed by atoms with Gasteiger partial charge in [-0.1, -0.05) is 141 Å². The molecule has 0 aromatic heterocycles. The van der Waals surface area contributed by atoms with Crippen LogP contribution in [0.4, 0.5) is 4.79 Å². The molecular formula is C46H84N2O7. The minimum Gasteiger partial charge on any atom is -0.462 e. The van der Waals surface area contributed by atoms with Crippen molar-refractivity contribution in [2.75, 3.05) is 19.7 Å². The molecule has 0 aliphatic carbocycles. The fraction of sp³-hybridized carbons (Fsp3) is 0.826. The van der Waals surface area contributed by atoms with Gasteiger partial charge in [0.25, 0.3) is 0 Å². The maximum Gasteiger partial charge on any atom is 0.408 e. The SMILES string of the molecule is CCCCCCCCC=CCCCCCCCC(=O)OCC(CNC(=O)CNC(=O)OC(C)(C)C)OC(=O)CCCCCCCC=CCCCCCCCC. The van der Waals surface area contributed by atoms with Crippen molar-refractivity contribution in [3.8, 4) is 0 Å². The van der Waals surface area contributed by atoms with Crippen LogP contribution < -0.4 is 10.6 Å². The van der Waals surface area contributed by atoms with E-state index in [0.717, 1.165) is 70.6 Å². The smallest absolute Gasteiger partial charge is 0.408 e. The van der Waals surface area contributed by atoms with Crippen molar-refractivity contribution in [3.63, 3.8) is 0 Å². The van der Waals surface area contributed by atoms with E-state index in [4.69, 9.17) is 14.2 Å². The first-order valence-electron chi connectivity index (χ1n) is 22.5. The topological polar surface area (TPSA) is 120 Å². The highest BCUT2D eigenvalue weighted by atomic mass is 16.6. The number of nitrogens with one attached hydrogen (secondary N) is 2. The van der Waals surface area contributed by atoms with Crippen molar-refractivity contribution in [3.05, 3.63) is 24.3 Å². The summed E-state index contributed by atoms with van der Waals surface area (Å²) in [5.74, 6) is -1.19. The first kappa shape index (κ1) is 52.2. The first-order valence-corrected chi connectivity index (χ1v) is 22.5. The minimum atomic E-state index is -0.820. The van der Waals surface area contributed by atoms with Crippen molar-refractivity contribution < 1.29 is 33.4 Å². The molecule has 55 heavy (non-hydrogen) atoms. The van der Waals surface area contributed by atoms with Gasteiger partial charge in [0.15, 0.2) is 6.10 Å². The van der Waals surface area contributed by atoms with E-state index in [1.807, 2.05) is 0 Å². The summed E-state index contributed by atoms with van der Waals surface area (Å²) in [6.45, 7) is 9.25. The highest BCUT2D eigenvalue weighted by molar-refractivity contribution is 5.82. The molecule has 1 unspecified atom stereocenters. The largest absolute Gasteiger partial charge is 0.462 e. The number of allylic oxidation sites excluding steroid dienone is 4. The number of unbranched alkanes of at least 4 members (excludes halogenated alkanes) is 22. The summed E-state index contributed by atoms with van der Waals surface area (Å²) in [4.78, 5) is 49.5. The molecule has 0 aromatic carbocycles. The van der Waals surface area contributed by atoms with Crippen LogP contribution in [0.1, 0.15) is 214 Å². The van der Waals surface area contributed by atoms with Gasteiger partial charge in [0.2, 0.25) is 5.91 Å². The molecule has 0 spiro atoms. The van der Waals surface area contributed by atoms with Gasteiger partial charge in [-0.15, -0.1) is 0 Å². The van der Waals surface area contributed by atoms with Crippen LogP contribution in [-0.4, -0.2) is 55.3 Å². The second kappa shape index (κ2) is 38.1. The van der Waals surface area contributed by atoms with Gasteiger partial charge in [-0.3, -0.25) is 14.4 Å². The fourth-order valence-corrected chi connectivity index (χ4v) is 6.07. The lowest BCUT2D eigenvalue weighted by Gasteiger charge is -2.20. The van der Waals surface area contributed by atoms with E-state index >= 15 is 0 Å². The summed E-state index contributed by atoms with van der Waals surface area (Å²) in [5.41, 5.74) is -0.683. The van der Waals surface area contributed by atoms with E-state index in [1.54, 1.807) is 20.8 Å². The number of hydrogen-bond donors (Lipinski definition) is 2. The Bertz CT molecular complexity index is 1000. The quantitative estimate of drug-likeness (QED) is 0.0279. The molecule has 2 amide bonds. The Morgan fingerprint density at radius 1 is 0.527 bits per heavy atom. The summed E-state index contributed by atoms with van der Waals surface area (Å²) in [5, 5.41) is 5.08. The van der Waals surface area contributed by atoms with Gasteiger partial charge in [0.1, 0.15) is 12.2 Å². The van der Waals surface area contributed by atoms with Gasteiger partial charge < -0.3 is 24.8 Å². The van der Waals surface area contributed by atoms with E-state index in [0.29, 0.717) is 6.42 Å². The third-order valence-electron chi connectivity index (χ3n) is 9.33. The highest BCUT2D eigenvalue weighted by Crippen LogP contribution is 2.13. The summed E-state index contributed by atoms with van der Waals surface area (Å²) < 4.78 is 16.3. The number of rotatable bonds is 37. The van der Waals surface area contributed by atoms with Crippen LogP contribution in [0.25, 0.3) is 0 Å². The molecule has 9 heteroatoms. The molecule has 0 fully saturated rings. The Balaban J connectivity index is 4.39. The molecule has 9 nitrogen and oxygen atoms in total. The lowest BCUT2D eigenvalue weighted by Crippen LogP contribution is -2.43. The summed E-state index contributed by atoms with van der Waals surface area (Å²) >= 11 is 0. The average molecular weight is 777 g/mol. The number of carbonyl (C=O) groups excluding carboxylic acids is 4. The number of alkyl carbamates (subject to hydrolysis) is 1.